The first-order valence-corrected chi connectivity index (χ1v) is 5.93. The number of benzene rings is 1. The van der Waals surface area contributed by atoms with Crippen LogP contribution >= 0.6 is 0 Å². The number of halogens is 2. The highest BCUT2D eigenvalue weighted by molar-refractivity contribution is 5.50. The van der Waals surface area contributed by atoms with E-state index < -0.39 is 11.6 Å². The molecule has 0 radical (unpaired) electrons. The van der Waals surface area contributed by atoms with E-state index in [0.29, 0.717) is 18.7 Å². The number of hydrogen-bond donors (Lipinski definition) is 1. The van der Waals surface area contributed by atoms with Crippen molar-refractivity contribution in [2.75, 3.05) is 25.5 Å². The number of unbranched alkanes of at least 4 members (excludes halogenated alkanes) is 1. The molecular weight excluding hydrogens is 222 g/mol. The molecule has 1 aromatic carbocycles. The molecule has 0 fully saturated rings. The van der Waals surface area contributed by atoms with Gasteiger partial charge in [0, 0.05) is 20.1 Å². The number of anilines is 1. The van der Waals surface area contributed by atoms with Gasteiger partial charge in [-0.15, -0.1) is 0 Å². The second-order valence-electron chi connectivity index (χ2n) is 4.21. The molecule has 1 rings (SSSR count). The first-order chi connectivity index (χ1) is 8.10. The monoisotopic (exact) mass is 242 g/mol. The molecule has 0 heterocycles. The summed E-state index contributed by atoms with van der Waals surface area (Å²) in [6.45, 7) is 3.18. The molecule has 0 saturated heterocycles. The number of nitrogens with zero attached hydrogens (tertiary/aromatic N) is 1. The molecule has 0 saturated carbocycles. The van der Waals surface area contributed by atoms with Crippen molar-refractivity contribution < 1.29 is 8.78 Å². The summed E-state index contributed by atoms with van der Waals surface area (Å²) in [5.74, 6) is -0.984. The predicted octanol–water partition coefficient (Wildman–Crippen LogP) is 2.92. The van der Waals surface area contributed by atoms with E-state index in [1.165, 1.54) is 12.1 Å². The fraction of sp³-hybridized carbons (Fsp3) is 0.538. The number of rotatable bonds is 6. The third-order valence-corrected chi connectivity index (χ3v) is 2.69. The van der Waals surface area contributed by atoms with Gasteiger partial charge in [-0.2, -0.15) is 0 Å². The van der Waals surface area contributed by atoms with Crippen LogP contribution in [-0.2, 0) is 6.54 Å². The Hall–Kier alpha value is -1.16. The van der Waals surface area contributed by atoms with Crippen LogP contribution in [0.2, 0.25) is 0 Å². The van der Waals surface area contributed by atoms with Gasteiger partial charge in [-0.3, -0.25) is 0 Å². The molecule has 2 nitrogen and oxygen atoms in total. The lowest BCUT2D eigenvalue weighted by Crippen LogP contribution is -2.21. The third kappa shape index (κ3) is 3.66. The van der Waals surface area contributed by atoms with Crippen LogP contribution in [0.4, 0.5) is 14.5 Å². The molecule has 0 atom stereocenters. The summed E-state index contributed by atoms with van der Waals surface area (Å²) in [7, 11) is 3.46. The van der Waals surface area contributed by atoms with Gasteiger partial charge in [0.1, 0.15) is 17.3 Å². The van der Waals surface area contributed by atoms with Gasteiger partial charge >= 0.3 is 0 Å². The van der Waals surface area contributed by atoms with E-state index in [2.05, 4.69) is 12.2 Å². The molecule has 96 valence electrons. The van der Waals surface area contributed by atoms with Gasteiger partial charge in [0.05, 0.1) is 0 Å². The van der Waals surface area contributed by atoms with Crippen molar-refractivity contribution in [1.82, 2.24) is 5.32 Å². The van der Waals surface area contributed by atoms with Crippen LogP contribution in [0.3, 0.4) is 0 Å². The first kappa shape index (κ1) is 13.9. The maximum Gasteiger partial charge on any atom is 0.149 e. The Balaban J connectivity index is 2.92. The zero-order valence-corrected chi connectivity index (χ0v) is 10.7. The Bertz CT molecular complexity index is 343. The smallest absolute Gasteiger partial charge is 0.149 e. The van der Waals surface area contributed by atoms with Gasteiger partial charge in [-0.1, -0.05) is 13.3 Å². The molecule has 0 aliphatic heterocycles. The van der Waals surface area contributed by atoms with Crippen LogP contribution in [-0.4, -0.2) is 20.6 Å². The van der Waals surface area contributed by atoms with E-state index in [-0.39, 0.29) is 5.69 Å². The number of hydrogen-bond acceptors (Lipinski definition) is 2. The van der Waals surface area contributed by atoms with Gasteiger partial charge in [-0.25, -0.2) is 8.78 Å². The zero-order chi connectivity index (χ0) is 12.8. The molecule has 1 aromatic rings. The van der Waals surface area contributed by atoms with Crippen LogP contribution in [0, 0.1) is 11.6 Å². The zero-order valence-electron chi connectivity index (χ0n) is 10.7. The molecule has 17 heavy (non-hydrogen) atoms. The Kier molecular flexibility index (Phi) is 5.35. The van der Waals surface area contributed by atoms with E-state index >= 15 is 0 Å². The van der Waals surface area contributed by atoms with Crippen molar-refractivity contribution in [3.63, 3.8) is 0 Å². The fourth-order valence-corrected chi connectivity index (χ4v) is 1.80. The van der Waals surface area contributed by atoms with Gasteiger partial charge in [-0.05, 0) is 31.2 Å². The normalized spacial score (nSPS) is 10.6. The van der Waals surface area contributed by atoms with Crippen LogP contribution < -0.4 is 10.2 Å². The lowest BCUT2D eigenvalue weighted by atomic mass is 10.1. The lowest BCUT2D eigenvalue weighted by Gasteiger charge is -2.20. The van der Waals surface area contributed by atoms with Gasteiger partial charge < -0.3 is 10.2 Å². The highest BCUT2D eigenvalue weighted by atomic mass is 19.1. The van der Waals surface area contributed by atoms with Crippen LogP contribution in [0.15, 0.2) is 12.1 Å². The van der Waals surface area contributed by atoms with E-state index in [1.54, 1.807) is 19.0 Å². The van der Waals surface area contributed by atoms with Crippen molar-refractivity contribution in [3.05, 3.63) is 29.3 Å². The summed E-state index contributed by atoms with van der Waals surface area (Å²) in [5, 5.41) is 2.87. The summed E-state index contributed by atoms with van der Waals surface area (Å²) in [4.78, 5) is 1.64. The Morgan fingerprint density at radius 3 is 2.29 bits per heavy atom. The summed E-state index contributed by atoms with van der Waals surface area (Å²) in [6.07, 6.45) is 1.93. The molecule has 0 aliphatic rings. The van der Waals surface area contributed by atoms with E-state index in [1.807, 2.05) is 0 Å². The van der Waals surface area contributed by atoms with Crippen molar-refractivity contribution in [3.8, 4) is 0 Å². The largest absolute Gasteiger partial charge is 0.370 e. The quantitative estimate of drug-likeness (QED) is 0.825. The minimum Gasteiger partial charge on any atom is -0.370 e. The van der Waals surface area contributed by atoms with Crippen molar-refractivity contribution in [2.24, 2.45) is 0 Å². The predicted molar refractivity (Wildman–Crippen MR) is 67.3 cm³/mol. The van der Waals surface area contributed by atoms with Crippen molar-refractivity contribution in [2.45, 2.75) is 26.3 Å². The topological polar surface area (TPSA) is 15.3 Å². The average Bonchev–Trinajstić information content (AvgIpc) is 2.25. The summed E-state index contributed by atoms with van der Waals surface area (Å²) in [6, 6.07) is 2.77. The molecule has 4 heteroatoms. The third-order valence-electron chi connectivity index (χ3n) is 2.69. The number of nitrogens with one attached hydrogen (secondary N) is 1. The Morgan fingerprint density at radius 2 is 1.82 bits per heavy atom. The minimum absolute atomic E-state index is 0.0679. The van der Waals surface area contributed by atoms with Gasteiger partial charge in [0.2, 0.25) is 0 Å². The Morgan fingerprint density at radius 1 is 1.24 bits per heavy atom. The van der Waals surface area contributed by atoms with E-state index in [0.717, 1.165) is 12.8 Å². The molecule has 0 unspecified atom stereocenters. The van der Waals surface area contributed by atoms with Crippen molar-refractivity contribution >= 4 is 5.69 Å². The second kappa shape index (κ2) is 6.55. The lowest BCUT2D eigenvalue weighted by molar-refractivity contribution is 0.569. The minimum atomic E-state index is -0.492. The van der Waals surface area contributed by atoms with Crippen LogP contribution in [0.25, 0.3) is 0 Å². The maximum atomic E-state index is 13.8. The summed E-state index contributed by atoms with van der Waals surface area (Å²) >= 11 is 0. The molecule has 0 spiro atoms. The van der Waals surface area contributed by atoms with E-state index in [4.69, 9.17) is 0 Å². The molecule has 0 amide bonds. The molecule has 0 aliphatic carbocycles. The van der Waals surface area contributed by atoms with Crippen LogP contribution in [0.5, 0.6) is 0 Å². The highest BCUT2D eigenvalue weighted by Crippen LogP contribution is 2.24. The Labute approximate surface area is 102 Å². The summed E-state index contributed by atoms with van der Waals surface area (Å²) in [5.41, 5.74) is 0.688. The first-order valence-electron chi connectivity index (χ1n) is 5.93. The van der Waals surface area contributed by atoms with Gasteiger partial charge in [0.15, 0.2) is 0 Å². The average molecular weight is 242 g/mol. The molecule has 0 aromatic heterocycles. The van der Waals surface area contributed by atoms with E-state index in [9.17, 15) is 8.78 Å². The maximum absolute atomic E-state index is 13.8. The standard InChI is InChI=1S/C13H20F2N2/c1-4-5-6-17(3)13-11(14)7-10(9-16-2)8-12(13)15/h7-8,16H,4-6,9H2,1-3H3. The summed E-state index contributed by atoms with van der Waals surface area (Å²) < 4.78 is 27.6. The molecule has 0 bridgehead atoms. The van der Waals surface area contributed by atoms with Crippen molar-refractivity contribution in [1.29, 1.82) is 0 Å². The van der Waals surface area contributed by atoms with Crippen LogP contribution in [0.1, 0.15) is 25.3 Å². The molecular formula is C13H20F2N2. The highest BCUT2D eigenvalue weighted by Gasteiger charge is 2.14. The molecule has 1 N–H and O–H groups in total. The van der Waals surface area contributed by atoms with Gasteiger partial charge in [0.25, 0.3) is 0 Å². The second-order valence-corrected chi connectivity index (χ2v) is 4.21. The fourth-order valence-electron chi connectivity index (χ4n) is 1.80. The SMILES string of the molecule is CCCCN(C)c1c(F)cc(CNC)cc1F.